The molecule has 0 saturated carbocycles. The number of carbonyl (C=O) groups is 1. The van der Waals surface area contributed by atoms with Gasteiger partial charge in [-0.2, -0.15) is 0 Å². The summed E-state index contributed by atoms with van der Waals surface area (Å²) in [7, 11) is 0. The third-order valence-corrected chi connectivity index (χ3v) is 2.69. The molecule has 0 saturated heterocycles. The van der Waals surface area contributed by atoms with Crippen molar-refractivity contribution in [1.82, 2.24) is 5.32 Å². The number of nitrogens with two attached hydrogens (primary N) is 1. The Bertz CT molecular complexity index is 453. The molecule has 4 nitrogen and oxygen atoms in total. The fourth-order valence-electron chi connectivity index (χ4n) is 1.62. The number of benzene rings is 1. The van der Waals surface area contributed by atoms with Crippen LogP contribution in [0.25, 0.3) is 0 Å². The largest absolute Gasteiger partial charge is 0.370 e. The minimum Gasteiger partial charge on any atom is -0.370 e. The Morgan fingerprint density at radius 1 is 1.42 bits per heavy atom. The first-order chi connectivity index (χ1) is 8.91. The molecular formula is C13H18F2N2O2. The number of hydrogen-bond acceptors (Lipinski definition) is 3. The van der Waals surface area contributed by atoms with Gasteiger partial charge < -0.3 is 15.8 Å². The second-order valence-electron chi connectivity index (χ2n) is 4.32. The van der Waals surface area contributed by atoms with Gasteiger partial charge in [-0.15, -0.1) is 0 Å². The lowest BCUT2D eigenvalue weighted by Gasteiger charge is -2.15. The molecule has 0 aliphatic rings. The van der Waals surface area contributed by atoms with E-state index in [2.05, 4.69) is 5.32 Å². The highest BCUT2D eigenvalue weighted by Crippen LogP contribution is 2.20. The molecular weight excluding hydrogens is 254 g/mol. The molecule has 0 bridgehead atoms. The Balaban J connectivity index is 2.47. The minimum atomic E-state index is -0.542. The number of hydrogen-bond donors (Lipinski definition) is 2. The van der Waals surface area contributed by atoms with E-state index in [0.29, 0.717) is 6.54 Å². The minimum absolute atomic E-state index is 0.149. The summed E-state index contributed by atoms with van der Waals surface area (Å²) in [5.41, 5.74) is 5.44. The number of carbonyl (C=O) groups excluding carboxylic acids is 1. The molecule has 0 heterocycles. The first-order valence-corrected chi connectivity index (χ1v) is 5.96. The molecule has 0 aliphatic carbocycles. The summed E-state index contributed by atoms with van der Waals surface area (Å²) in [6.07, 6.45) is 0. The van der Waals surface area contributed by atoms with Gasteiger partial charge >= 0.3 is 0 Å². The van der Waals surface area contributed by atoms with Crippen molar-refractivity contribution in [3.8, 4) is 0 Å². The molecule has 1 unspecified atom stereocenters. The predicted octanol–water partition coefficient (Wildman–Crippen LogP) is 1.43. The number of aryl methyl sites for hydroxylation is 1. The van der Waals surface area contributed by atoms with Crippen molar-refractivity contribution in [3.63, 3.8) is 0 Å². The second kappa shape index (κ2) is 7.16. The van der Waals surface area contributed by atoms with Crippen LogP contribution in [-0.2, 0) is 9.53 Å². The fourth-order valence-corrected chi connectivity index (χ4v) is 1.62. The molecule has 0 aromatic heterocycles. The first-order valence-electron chi connectivity index (χ1n) is 5.96. The van der Waals surface area contributed by atoms with Crippen LogP contribution in [0.3, 0.4) is 0 Å². The number of amides is 1. The van der Waals surface area contributed by atoms with Crippen LogP contribution in [0.1, 0.15) is 24.1 Å². The zero-order valence-corrected chi connectivity index (χ0v) is 11.0. The Morgan fingerprint density at radius 2 is 2.11 bits per heavy atom. The maximum atomic E-state index is 13.7. The van der Waals surface area contributed by atoms with Crippen LogP contribution in [0.15, 0.2) is 12.1 Å². The number of primary amides is 1. The molecule has 1 rings (SSSR count). The third kappa shape index (κ3) is 4.92. The maximum Gasteiger partial charge on any atom is 0.243 e. The van der Waals surface area contributed by atoms with Gasteiger partial charge in [-0.05, 0) is 31.5 Å². The summed E-state index contributed by atoms with van der Waals surface area (Å²) >= 11 is 0. The van der Waals surface area contributed by atoms with Crippen molar-refractivity contribution in [2.24, 2.45) is 5.73 Å². The van der Waals surface area contributed by atoms with Crippen molar-refractivity contribution in [2.45, 2.75) is 19.9 Å². The van der Waals surface area contributed by atoms with Gasteiger partial charge in [-0.1, -0.05) is 0 Å². The predicted molar refractivity (Wildman–Crippen MR) is 67.5 cm³/mol. The zero-order valence-electron chi connectivity index (χ0n) is 11.0. The van der Waals surface area contributed by atoms with E-state index < -0.39 is 17.5 Å². The van der Waals surface area contributed by atoms with E-state index in [4.69, 9.17) is 10.5 Å². The standard InChI is InChI=1S/C13H18F2N2O2/c1-8-5-12(15)10(6-11(8)14)9(2)17-3-4-19-7-13(16)18/h5-6,9,17H,3-4,7H2,1-2H3,(H2,16,18). The molecule has 0 aliphatic heterocycles. The topological polar surface area (TPSA) is 64.3 Å². The SMILES string of the molecule is Cc1cc(F)c(C(C)NCCOCC(N)=O)cc1F. The van der Waals surface area contributed by atoms with E-state index in [9.17, 15) is 13.6 Å². The Labute approximate surface area is 110 Å². The van der Waals surface area contributed by atoms with Crippen LogP contribution >= 0.6 is 0 Å². The molecule has 1 atom stereocenters. The monoisotopic (exact) mass is 272 g/mol. The lowest BCUT2D eigenvalue weighted by molar-refractivity contribution is -0.122. The van der Waals surface area contributed by atoms with Crippen LogP contribution in [0.4, 0.5) is 8.78 Å². The van der Waals surface area contributed by atoms with Crippen LogP contribution in [0.5, 0.6) is 0 Å². The highest BCUT2D eigenvalue weighted by Gasteiger charge is 2.13. The molecule has 1 amide bonds. The highest BCUT2D eigenvalue weighted by atomic mass is 19.1. The molecule has 3 N–H and O–H groups in total. The molecule has 1 aromatic carbocycles. The van der Waals surface area contributed by atoms with Gasteiger partial charge in [0.15, 0.2) is 0 Å². The first kappa shape index (κ1) is 15.5. The number of rotatable bonds is 7. The van der Waals surface area contributed by atoms with E-state index in [0.717, 1.165) is 0 Å². The number of ether oxygens (including phenoxy) is 1. The van der Waals surface area contributed by atoms with Crippen molar-refractivity contribution in [3.05, 3.63) is 34.9 Å². The van der Waals surface area contributed by atoms with E-state index in [1.54, 1.807) is 6.92 Å². The summed E-state index contributed by atoms with van der Waals surface area (Å²) in [5.74, 6) is -1.42. The van der Waals surface area contributed by atoms with Crippen LogP contribution in [-0.4, -0.2) is 25.7 Å². The van der Waals surface area contributed by atoms with Crippen molar-refractivity contribution >= 4 is 5.91 Å². The van der Waals surface area contributed by atoms with Gasteiger partial charge in [0.2, 0.25) is 5.91 Å². The van der Waals surface area contributed by atoms with Gasteiger partial charge in [0.05, 0.1) is 6.61 Å². The Morgan fingerprint density at radius 3 is 2.74 bits per heavy atom. The van der Waals surface area contributed by atoms with Crippen LogP contribution < -0.4 is 11.1 Å². The lowest BCUT2D eigenvalue weighted by atomic mass is 10.1. The zero-order chi connectivity index (χ0) is 14.4. The normalized spacial score (nSPS) is 12.4. The lowest BCUT2D eigenvalue weighted by Crippen LogP contribution is -2.26. The van der Waals surface area contributed by atoms with Gasteiger partial charge in [0.1, 0.15) is 18.2 Å². The van der Waals surface area contributed by atoms with Gasteiger partial charge in [0.25, 0.3) is 0 Å². The quantitative estimate of drug-likeness (QED) is 0.738. The summed E-state index contributed by atoms with van der Waals surface area (Å²) < 4.78 is 32.0. The molecule has 0 radical (unpaired) electrons. The molecule has 0 spiro atoms. The second-order valence-corrected chi connectivity index (χ2v) is 4.32. The average molecular weight is 272 g/mol. The summed E-state index contributed by atoms with van der Waals surface area (Å²) in [4.78, 5) is 10.4. The van der Waals surface area contributed by atoms with E-state index in [1.165, 1.54) is 19.1 Å². The molecule has 0 fully saturated rings. The molecule has 106 valence electrons. The third-order valence-electron chi connectivity index (χ3n) is 2.69. The van der Waals surface area contributed by atoms with Crippen LogP contribution in [0, 0.1) is 18.6 Å². The van der Waals surface area contributed by atoms with Gasteiger partial charge in [0, 0.05) is 18.2 Å². The molecule has 19 heavy (non-hydrogen) atoms. The number of nitrogens with one attached hydrogen (secondary N) is 1. The number of halogens is 2. The average Bonchev–Trinajstić information content (AvgIpc) is 2.32. The summed E-state index contributed by atoms with van der Waals surface area (Å²) in [6, 6.07) is 2.01. The molecule has 6 heteroatoms. The fraction of sp³-hybridized carbons (Fsp3) is 0.462. The molecule has 1 aromatic rings. The Kier molecular flexibility index (Phi) is 5.85. The van der Waals surface area contributed by atoms with Gasteiger partial charge in [-0.3, -0.25) is 4.79 Å². The van der Waals surface area contributed by atoms with E-state index >= 15 is 0 Å². The smallest absolute Gasteiger partial charge is 0.243 e. The van der Waals surface area contributed by atoms with Crippen molar-refractivity contribution < 1.29 is 18.3 Å². The van der Waals surface area contributed by atoms with E-state index in [1.807, 2.05) is 0 Å². The summed E-state index contributed by atoms with van der Waals surface area (Å²) in [5, 5.41) is 2.98. The van der Waals surface area contributed by atoms with Crippen molar-refractivity contribution in [2.75, 3.05) is 19.8 Å². The van der Waals surface area contributed by atoms with E-state index in [-0.39, 0.29) is 30.4 Å². The summed E-state index contributed by atoms with van der Waals surface area (Å²) in [6.45, 7) is 3.76. The highest BCUT2D eigenvalue weighted by molar-refractivity contribution is 5.74. The Hall–Kier alpha value is -1.53. The maximum absolute atomic E-state index is 13.7. The van der Waals surface area contributed by atoms with Gasteiger partial charge in [-0.25, -0.2) is 8.78 Å². The van der Waals surface area contributed by atoms with Crippen molar-refractivity contribution in [1.29, 1.82) is 0 Å². The van der Waals surface area contributed by atoms with Crippen LogP contribution in [0.2, 0.25) is 0 Å².